The van der Waals surface area contributed by atoms with E-state index in [4.69, 9.17) is 0 Å². The lowest BCUT2D eigenvalue weighted by molar-refractivity contribution is -0.419. The van der Waals surface area contributed by atoms with E-state index >= 15 is 0 Å². The van der Waals surface area contributed by atoms with Gasteiger partial charge in [0.05, 0.1) is 4.92 Å². The van der Waals surface area contributed by atoms with Crippen molar-refractivity contribution in [1.82, 2.24) is 0 Å². The third-order valence-corrected chi connectivity index (χ3v) is 2.04. The van der Waals surface area contributed by atoms with Crippen LogP contribution >= 0.6 is 0 Å². The minimum absolute atomic E-state index is 0.218. The number of hydrogen-bond acceptors (Lipinski definition) is 2. The van der Waals surface area contributed by atoms with Crippen LogP contribution in [0, 0.1) is 22.0 Å². The van der Waals surface area contributed by atoms with Crippen LogP contribution in [0.3, 0.4) is 0 Å². The molecule has 0 aromatic rings. The number of allylic oxidation sites excluding steroid dienone is 3. The normalized spacial score (nSPS) is 29.8. The Hall–Kier alpha value is -1.12. The predicted molar refractivity (Wildman–Crippen MR) is 42.5 cm³/mol. The van der Waals surface area contributed by atoms with E-state index in [1.807, 2.05) is 19.9 Å². The highest BCUT2D eigenvalue weighted by Gasteiger charge is 2.17. The van der Waals surface area contributed by atoms with Crippen LogP contribution in [0.1, 0.15) is 13.8 Å². The molecular weight excluding hydrogens is 142 g/mol. The summed E-state index contributed by atoms with van der Waals surface area (Å²) in [6, 6.07) is 0. The van der Waals surface area contributed by atoms with Crippen LogP contribution in [-0.4, -0.2) is 4.92 Å². The molecule has 0 saturated carbocycles. The van der Waals surface area contributed by atoms with Gasteiger partial charge in [-0.2, -0.15) is 0 Å². The lowest BCUT2D eigenvalue weighted by Crippen LogP contribution is -2.10. The van der Waals surface area contributed by atoms with E-state index in [0.717, 1.165) is 0 Å². The summed E-state index contributed by atoms with van der Waals surface area (Å²) in [5, 5.41) is 10.3. The molecule has 0 aliphatic heterocycles. The van der Waals surface area contributed by atoms with Gasteiger partial charge in [-0.05, 0) is 17.9 Å². The van der Waals surface area contributed by atoms with E-state index in [1.54, 1.807) is 12.2 Å². The van der Waals surface area contributed by atoms with Crippen LogP contribution in [0.15, 0.2) is 23.9 Å². The van der Waals surface area contributed by atoms with Crippen LogP contribution in [0.2, 0.25) is 0 Å². The van der Waals surface area contributed by atoms with Gasteiger partial charge in [-0.1, -0.05) is 19.9 Å². The van der Waals surface area contributed by atoms with Crippen molar-refractivity contribution >= 4 is 0 Å². The number of rotatable bonds is 1. The summed E-state index contributed by atoms with van der Waals surface area (Å²) in [7, 11) is 0. The Morgan fingerprint density at radius 2 is 2.09 bits per heavy atom. The zero-order valence-corrected chi connectivity index (χ0v) is 6.65. The second-order valence-corrected chi connectivity index (χ2v) is 2.93. The molecule has 3 heteroatoms. The monoisotopic (exact) mass is 153 g/mol. The molecule has 2 unspecified atom stereocenters. The molecule has 0 aromatic carbocycles. The lowest BCUT2D eigenvalue weighted by Gasteiger charge is -2.14. The first kappa shape index (κ1) is 7.98. The van der Waals surface area contributed by atoms with Gasteiger partial charge in [-0.15, -0.1) is 0 Å². The Bertz CT molecular complexity index is 230. The van der Waals surface area contributed by atoms with Crippen LogP contribution in [0.4, 0.5) is 0 Å². The van der Waals surface area contributed by atoms with E-state index in [2.05, 4.69) is 0 Å². The topological polar surface area (TPSA) is 43.1 Å². The molecular formula is C8H11NO2. The average molecular weight is 153 g/mol. The largest absolute Gasteiger partial charge is 0.265 e. The molecule has 1 rings (SSSR count). The summed E-state index contributed by atoms with van der Waals surface area (Å²) in [5.74, 6) is 0.694. The predicted octanol–water partition coefficient (Wildman–Crippen LogP) is 1.99. The van der Waals surface area contributed by atoms with Crippen molar-refractivity contribution < 1.29 is 4.92 Å². The number of hydrogen-bond donors (Lipinski definition) is 0. The molecule has 3 nitrogen and oxygen atoms in total. The molecule has 0 N–H and O–H groups in total. The first-order chi connectivity index (χ1) is 5.11. The van der Waals surface area contributed by atoms with Crippen molar-refractivity contribution in [2.75, 3.05) is 0 Å². The molecule has 0 bridgehead atoms. The van der Waals surface area contributed by atoms with Gasteiger partial charge >= 0.3 is 0 Å². The molecule has 0 amide bonds. The highest BCUT2D eigenvalue weighted by Crippen LogP contribution is 2.21. The zero-order chi connectivity index (χ0) is 8.43. The fourth-order valence-corrected chi connectivity index (χ4v) is 1.02. The Labute approximate surface area is 65.6 Å². The van der Waals surface area contributed by atoms with Crippen molar-refractivity contribution in [2.45, 2.75) is 13.8 Å². The Morgan fingerprint density at radius 1 is 1.45 bits per heavy atom. The molecule has 0 heterocycles. The zero-order valence-electron chi connectivity index (χ0n) is 6.65. The Balaban J connectivity index is 2.80. The molecule has 0 saturated heterocycles. The minimum Gasteiger partial charge on any atom is -0.258 e. The van der Waals surface area contributed by atoms with Crippen LogP contribution in [-0.2, 0) is 0 Å². The fourth-order valence-electron chi connectivity index (χ4n) is 1.02. The van der Waals surface area contributed by atoms with E-state index in [-0.39, 0.29) is 16.5 Å². The summed E-state index contributed by atoms with van der Waals surface area (Å²) in [4.78, 5) is 9.94. The van der Waals surface area contributed by atoms with Crippen LogP contribution in [0.5, 0.6) is 0 Å². The van der Waals surface area contributed by atoms with E-state index in [9.17, 15) is 10.1 Å². The van der Waals surface area contributed by atoms with Gasteiger partial charge in [-0.25, -0.2) is 0 Å². The van der Waals surface area contributed by atoms with Gasteiger partial charge in [0.2, 0.25) is 0 Å². The maximum absolute atomic E-state index is 10.3. The second-order valence-electron chi connectivity index (χ2n) is 2.93. The molecule has 0 radical (unpaired) electrons. The second kappa shape index (κ2) is 2.86. The van der Waals surface area contributed by atoms with Gasteiger partial charge in [-0.3, -0.25) is 10.1 Å². The van der Waals surface area contributed by atoms with Crippen molar-refractivity contribution in [2.24, 2.45) is 11.8 Å². The first-order valence-corrected chi connectivity index (χ1v) is 3.65. The molecule has 60 valence electrons. The standard InChI is InChI=1S/C8H11NO2/c1-6-3-4-8(9(10)11)5-7(6)2/h3-7H,1-2H3. The Morgan fingerprint density at radius 3 is 2.55 bits per heavy atom. The third kappa shape index (κ3) is 1.67. The van der Waals surface area contributed by atoms with Crippen molar-refractivity contribution in [1.29, 1.82) is 0 Å². The molecule has 2 atom stereocenters. The number of nitrogens with zero attached hydrogens (tertiary/aromatic N) is 1. The van der Waals surface area contributed by atoms with Crippen molar-refractivity contribution in [3.63, 3.8) is 0 Å². The fraction of sp³-hybridized carbons (Fsp3) is 0.500. The smallest absolute Gasteiger partial charge is 0.258 e. The van der Waals surface area contributed by atoms with E-state index < -0.39 is 0 Å². The van der Waals surface area contributed by atoms with Gasteiger partial charge < -0.3 is 0 Å². The lowest BCUT2D eigenvalue weighted by atomic mass is 9.91. The van der Waals surface area contributed by atoms with Crippen LogP contribution in [0.25, 0.3) is 0 Å². The van der Waals surface area contributed by atoms with Crippen molar-refractivity contribution in [3.8, 4) is 0 Å². The Kier molecular flexibility index (Phi) is 2.08. The first-order valence-electron chi connectivity index (χ1n) is 3.65. The average Bonchev–Trinajstić information content (AvgIpc) is 1.94. The van der Waals surface area contributed by atoms with E-state index in [1.165, 1.54) is 0 Å². The third-order valence-electron chi connectivity index (χ3n) is 2.04. The SMILES string of the molecule is CC1C=CC([N+](=O)[O-])=CC1C. The molecule has 1 aliphatic carbocycles. The highest BCUT2D eigenvalue weighted by molar-refractivity contribution is 5.18. The van der Waals surface area contributed by atoms with Gasteiger partial charge in [0.1, 0.15) is 0 Å². The summed E-state index contributed by atoms with van der Waals surface area (Å²) >= 11 is 0. The summed E-state index contributed by atoms with van der Waals surface area (Å²) in [6.45, 7) is 4.03. The highest BCUT2D eigenvalue weighted by atomic mass is 16.6. The summed E-state index contributed by atoms with van der Waals surface area (Å²) < 4.78 is 0. The van der Waals surface area contributed by atoms with Gasteiger partial charge in [0.15, 0.2) is 0 Å². The maximum Gasteiger partial charge on any atom is 0.265 e. The molecule has 11 heavy (non-hydrogen) atoms. The maximum atomic E-state index is 10.3. The molecule has 0 spiro atoms. The summed E-state index contributed by atoms with van der Waals surface area (Å²) in [5.41, 5.74) is 0.218. The molecule has 0 aromatic heterocycles. The molecule has 0 fully saturated rings. The van der Waals surface area contributed by atoms with E-state index in [0.29, 0.717) is 5.92 Å². The minimum atomic E-state index is -0.348. The summed E-state index contributed by atoms with van der Waals surface area (Å²) in [6.07, 6.45) is 5.15. The van der Waals surface area contributed by atoms with Crippen LogP contribution < -0.4 is 0 Å². The molecule has 1 aliphatic rings. The quantitative estimate of drug-likeness (QED) is 0.427. The van der Waals surface area contributed by atoms with Gasteiger partial charge in [0, 0.05) is 6.08 Å². The van der Waals surface area contributed by atoms with Gasteiger partial charge in [0.25, 0.3) is 5.70 Å². The van der Waals surface area contributed by atoms with Crippen molar-refractivity contribution in [3.05, 3.63) is 34.0 Å². The number of nitro groups is 1.